The van der Waals surface area contributed by atoms with Crippen LogP contribution in [-0.4, -0.2) is 21.9 Å². The van der Waals surface area contributed by atoms with Crippen molar-refractivity contribution in [1.82, 2.24) is 0 Å². The minimum Gasteiger partial charge on any atom is -0.504 e. The van der Waals surface area contributed by atoms with Crippen molar-refractivity contribution in [3.05, 3.63) is 17.7 Å². The van der Waals surface area contributed by atoms with Crippen molar-refractivity contribution >= 4 is 0 Å². The maximum absolute atomic E-state index is 9.53. The lowest BCUT2D eigenvalue weighted by Gasteiger charge is -2.14. The first-order chi connectivity index (χ1) is 7.07. The van der Waals surface area contributed by atoms with E-state index in [1.807, 2.05) is 0 Å². The molecule has 1 atom stereocenters. The average Bonchev–Trinajstić information content (AvgIpc) is 2.23. The van der Waals surface area contributed by atoms with E-state index in [0.717, 1.165) is 6.42 Å². The molecule has 1 aromatic rings. The minimum atomic E-state index is -0.532. The molecule has 0 aliphatic rings. The van der Waals surface area contributed by atoms with Crippen LogP contribution in [0.2, 0.25) is 0 Å². The molecule has 15 heavy (non-hydrogen) atoms. The first-order valence-electron chi connectivity index (χ1n) is 4.77. The molecule has 0 aliphatic carbocycles. The summed E-state index contributed by atoms with van der Waals surface area (Å²) < 4.78 is 0. The largest absolute Gasteiger partial charge is 0.504 e. The molecule has 0 bridgehead atoms. The highest BCUT2D eigenvalue weighted by atomic mass is 16.3. The molecule has 84 valence electrons. The molecule has 0 amide bonds. The number of phenols is 3. The third kappa shape index (κ3) is 2.51. The van der Waals surface area contributed by atoms with Crippen molar-refractivity contribution in [2.24, 2.45) is 11.5 Å². The number of rotatable bonds is 4. The molecule has 1 rings (SSSR count). The summed E-state index contributed by atoms with van der Waals surface area (Å²) in [7, 11) is 0. The van der Waals surface area contributed by atoms with Gasteiger partial charge in [-0.3, -0.25) is 0 Å². The van der Waals surface area contributed by atoms with Crippen LogP contribution in [-0.2, 0) is 0 Å². The summed E-state index contributed by atoms with van der Waals surface area (Å²) in [5, 5.41) is 27.9. The molecule has 0 unspecified atom stereocenters. The van der Waals surface area contributed by atoms with E-state index in [2.05, 4.69) is 0 Å². The molecule has 0 saturated carbocycles. The standard InChI is InChI=1S/C10H16N2O3/c11-5-1-2-7(12)6-3-4-8(13)10(15)9(6)14/h3-4,7,13-15H,1-2,5,11-12H2/t7-/m1/s1. The lowest BCUT2D eigenvalue weighted by molar-refractivity contribution is 0.362. The highest BCUT2D eigenvalue weighted by Gasteiger charge is 2.15. The van der Waals surface area contributed by atoms with Gasteiger partial charge >= 0.3 is 0 Å². The Balaban J connectivity index is 2.90. The van der Waals surface area contributed by atoms with Crippen LogP contribution in [0.15, 0.2) is 12.1 Å². The molecule has 5 nitrogen and oxygen atoms in total. The van der Waals surface area contributed by atoms with E-state index in [1.54, 1.807) is 0 Å². The van der Waals surface area contributed by atoms with Gasteiger partial charge in [-0.2, -0.15) is 0 Å². The summed E-state index contributed by atoms with van der Waals surface area (Å²) in [6.07, 6.45) is 1.36. The van der Waals surface area contributed by atoms with Crippen molar-refractivity contribution < 1.29 is 15.3 Å². The highest BCUT2D eigenvalue weighted by Crippen LogP contribution is 2.39. The van der Waals surface area contributed by atoms with Crippen LogP contribution in [0.25, 0.3) is 0 Å². The lowest BCUT2D eigenvalue weighted by Crippen LogP contribution is -2.12. The normalized spacial score (nSPS) is 12.7. The third-order valence-electron chi connectivity index (χ3n) is 2.28. The Morgan fingerprint density at radius 3 is 2.40 bits per heavy atom. The Hall–Kier alpha value is -1.46. The van der Waals surface area contributed by atoms with Crippen molar-refractivity contribution in [3.63, 3.8) is 0 Å². The summed E-state index contributed by atoms with van der Waals surface area (Å²) in [5.41, 5.74) is 11.5. The summed E-state index contributed by atoms with van der Waals surface area (Å²) in [6.45, 7) is 0.526. The fourth-order valence-electron chi connectivity index (χ4n) is 1.38. The molecule has 0 radical (unpaired) electrons. The molecule has 1 aromatic carbocycles. The smallest absolute Gasteiger partial charge is 0.200 e. The first-order valence-corrected chi connectivity index (χ1v) is 4.77. The Bertz CT molecular complexity index is 342. The number of aromatic hydroxyl groups is 3. The van der Waals surface area contributed by atoms with Crippen LogP contribution in [0.5, 0.6) is 17.2 Å². The zero-order chi connectivity index (χ0) is 11.4. The van der Waals surface area contributed by atoms with Crippen molar-refractivity contribution in [2.75, 3.05) is 6.54 Å². The van der Waals surface area contributed by atoms with Gasteiger partial charge in [-0.1, -0.05) is 0 Å². The number of benzene rings is 1. The van der Waals surface area contributed by atoms with Gasteiger partial charge in [0, 0.05) is 11.6 Å². The van der Waals surface area contributed by atoms with E-state index < -0.39 is 5.75 Å². The quantitative estimate of drug-likeness (QED) is 0.467. The number of hydrogen-bond donors (Lipinski definition) is 5. The molecular formula is C10H16N2O3. The Morgan fingerprint density at radius 1 is 1.13 bits per heavy atom. The van der Waals surface area contributed by atoms with Crippen LogP contribution < -0.4 is 11.5 Å². The highest BCUT2D eigenvalue weighted by molar-refractivity contribution is 5.53. The van der Waals surface area contributed by atoms with Crippen LogP contribution in [0.1, 0.15) is 24.4 Å². The molecule has 0 fully saturated rings. The SMILES string of the molecule is NCCC[C@@H](N)c1ccc(O)c(O)c1O. The molecule has 0 aromatic heterocycles. The van der Waals surface area contributed by atoms with Gasteiger partial charge in [0.1, 0.15) is 0 Å². The Labute approximate surface area is 88.0 Å². The number of phenolic OH excluding ortho intramolecular Hbond substituents is 3. The Morgan fingerprint density at radius 2 is 1.80 bits per heavy atom. The maximum Gasteiger partial charge on any atom is 0.200 e. The fraction of sp³-hybridized carbons (Fsp3) is 0.400. The predicted octanol–water partition coefficient (Wildman–Crippen LogP) is 0.542. The molecule has 7 N–H and O–H groups in total. The first kappa shape index (κ1) is 11.6. The van der Waals surface area contributed by atoms with Gasteiger partial charge in [0.2, 0.25) is 5.75 Å². The van der Waals surface area contributed by atoms with Crippen LogP contribution in [0, 0.1) is 0 Å². The van der Waals surface area contributed by atoms with E-state index in [9.17, 15) is 10.2 Å². The molecule has 0 heterocycles. The molecule has 0 spiro atoms. The summed E-state index contributed by atoms with van der Waals surface area (Å²) in [4.78, 5) is 0. The van der Waals surface area contributed by atoms with Gasteiger partial charge in [-0.05, 0) is 31.5 Å². The summed E-state index contributed by atoms with van der Waals surface area (Å²) in [5.74, 6) is -1.25. The molecular weight excluding hydrogens is 196 g/mol. The van der Waals surface area contributed by atoms with Gasteiger partial charge in [0.25, 0.3) is 0 Å². The van der Waals surface area contributed by atoms with Crippen LogP contribution >= 0.6 is 0 Å². The molecule has 5 heteroatoms. The van der Waals surface area contributed by atoms with E-state index in [0.29, 0.717) is 18.5 Å². The van der Waals surface area contributed by atoms with Gasteiger partial charge in [0.05, 0.1) is 0 Å². The summed E-state index contributed by atoms with van der Waals surface area (Å²) in [6, 6.07) is 2.40. The second-order valence-corrected chi connectivity index (χ2v) is 3.41. The zero-order valence-electron chi connectivity index (χ0n) is 8.35. The van der Waals surface area contributed by atoms with E-state index >= 15 is 0 Å². The zero-order valence-corrected chi connectivity index (χ0v) is 8.35. The summed E-state index contributed by atoms with van der Waals surface area (Å²) >= 11 is 0. The maximum atomic E-state index is 9.53. The van der Waals surface area contributed by atoms with Gasteiger partial charge < -0.3 is 26.8 Å². The van der Waals surface area contributed by atoms with Gasteiger partial charge in [-0.15, -0.1) is 0 Å². The second-order valence-electron chi connectivity index (χ2n) is 3.41. The van der Waals surface area contributed by atoms with Crippen molar-refractivity contribution in [3.8, 4) is 17.2 Å². The predicted molar refractivity (Wildman–Crippen MR) is 56.7 cm³/mol. The van der Waals surface area contributed by atoms with Crippen LogP contribution in [0.4, 0.5) is 0 Å². The number of nitrogens with two attached hydrogens (primary N) is 2. The Kier molecular flexibility index (Phi) is 3.76. The third-order valence-corrected chi connectivity index (χ3v) is 2.28. The number of hydrogen-bond acceptors (Lipinski definition) is 5. The van der Waals surface area contributed by atoms with Crippen molar-refractivity contribution in [2.45, 2.75) is 18.9 Å². The van der Waals surface area contributed by atoms with E-state index in [4.69, 9.17) is 16.6 Å². The second kappa shape index (κ2) is 4.86. The minimum absolute atomic E-state index is 0.359. The van der Waals surface area contributed by atoms with E-state index in [1.165, 1.54) is 12.1 Å². The van der Waals surface area contributed by atoms with Gasteiger partial charge in [-0.25, -0.2) is 0 Å². The van der Waals surface area contributed by atoms with Crippen LogP contribution in [0.3, 0.4) is 0 Å². The monoisotopic (exact) mass is 212 g/mol. The van der Waals surface area contributed by atoms with E-state index in [-0.39, 0.29) is 17.5 Å². The van der Waals surface area contributed by atoms with Gasteiger partial charge in [0.15, 0.2) is 11.5 Å². The lowest BCUT2D eigenvalue weighted by atomic mass is 10.0. The average molecular weight is 212 g/mol. The van der Waals surface area contributed by atoms with Crippen molar-refractivity contribution in [1.29, 1.82) is 0 Å². The molecule has 0 saturated heterocycles. The topological polar surface area (TPSA) is 113 Å². The fourth-order valence-corrected chi connectivity index (χ4v) is 1.38. The molecule has 0 aliphatic heterocycles.